The minimum atomic E-state index is 0.164. The van der Waals surface area contributed by atoms with Crippen LogP contribution in [-0.4, -0.2) is 17.0 Å². The van der Waals surface area contributed by atoms with Crippen LogP contribution in [0.4, 0.5) is 0 Å². The minimum absolute atomic E-state index is 0.164. The van der Waals surface area contributed by atoms with Gasteiger partial charge in [0, 0.05) is 12.4 Å². The standard InChI is InChI=1S/C18H19N3/c1-12-4-6-15(13(2)10-12)18(19-3)14-5-7-16-17(11-14)21-9-8-20-16/h4-11,18-19H,1-3H3. The number of aryl methyl sites for hydroxylation is 2. The maximum Gasteiger partial charge on any atom is 0.0890 e. The van der Waals surface area contributed by atoms with Gasteiger partial charge in [0.1, 0.15) is 0 Å². The van der Waals surface area contributed by atoms with E-state index in [4.69, 9.17) is 0 Å². The summed E-state index contributed by atoms with van der Waals surface area (Å²) in [6.07, 6.45) is 3.46. The van der Waals surface area contributed by atoms with Crippen molar-refractivity contribution in [1.29, 1.82) is 0 Å². The van der Waals surface area contributed by atoms with Crippen molar-refractivity contribution in [1.82, 2.24) is 15.3 Å². The van der Waals surface area contributed by atoms with Crippen LogP contribution >= 0.6 is 0 Å². The number of nitrogens with one attached hydrogen (secondary N) is 1. The van der Waals surface area contributed by atoms with E-state index in [-0.39, 0.29) is 6.04 Å². The van der Waals surface area contributed by atoms with Crippen LogP contribution in [0.5, 0.6) is 0 Å². The van der Waals surface area contributed by atoms with Gasteiger partial charge in [0.2, 0.25) is 0 Å². The lowest BCUT2D eigenvalue weighted by atomic mass is 9.93. The molecular weight excluding hydrogens is 258 g/mol. The van der Waals surface area contributed by atoms with Crippen LogP contribution in [-0.2, 0) is 0 Å². The Kier molecular flexibility index (Phi) is 3.67. The van der Waals surface area contributed by atoms with Crippen LogP contribution < -0.4 is 5.32 Å². The van der Waals surface area contributed by atoms with Crippen LogP contribution in [0, 0.1) is 13.8 Å². The zero-order valence-electron chi connectivity index (χ0n) is 12.6. The van der Waals surface area contributed by atoms with Gasteiger partial charge < -0.3 is 5.32 Å². The molecule has 0 saturated carbocycles. The Hall–Kier alpha value is -2.26. The van der Waals surface area contributed by atoms with Crippen molar-refractivity contribution >= 4 is 11.0 Å². The van der Waals surface area contributed by atoms with E-state index >= 15 is 0 Å². The highest BCUT2D eigenvalue weighted by Gasteiger charge is 2.15. The Labute approximate surface area is 125 Å². The highest BCUT2D eigenvalue weighted by atomic mass is 14.9. The van der Waals surface area contributed by atoms with Crippen molar-refractivity contribution < 1.29 is 0 Å². The summed E-state index contributed by atoms with van der Waals surface area (Å²) in [6.45, 7) is 4.28. The van der Waals surface area contributed by atoms with Gasteiger partial charge in [0.25, 0.3) is 0 Å². The average molecular weight is 277 g/mol. The third-order valence-electron chi connectivity index (χ3n) is 3.85. The molecule has 21 heavy (non-hydrogen) atoms. The minimum Gasteiger partial charge on any atom is -0.309 e. The molecule has 2 aromatic carbocycles. The Balaban J connectivity index is 2.09. The van der Waals surface area contributed by atoms with E-state index in [0.717, 1.165) is 11.0 Å². The first-order valence-corrected chi connectivity index (χ1v) is 7.14. The normalized spacial score (nSPS) is 12.5. The molecule has 0 amide bonds. The Bertz CT molecular complexity index is 780. The molecule has 0 spiro atoms. The van der Waals surface area contributed by atoms with Gasteiger partial charge in [-0.25, -0.2) is 0 Å². The van der Waals surface area contributed by atoms with Gasteiger partial charge in [-0.05, 0) is 49.7 Å². The second-order valence-electron chi connectivity index (χ2n) is 5.39. The van der Waals surface area contributed by atoms with E-state index in [1.54, 1.807) is 12.4 Å². The Morgan fingerprint density at radius 3 is 2.38 bits per heavy atom. The van der Waals surface area contributed by atoms with Crippen molar-refractivity contribution in [2.24, 2.45) is 0 Å². The molecule has 0 aliphatic heterocycles. The molecule has 0 fully saturated rings. The van der Waals surface area contributed by atoms with Crippen LogP contribution in [0.25, 0.3) is 11.0 Å². The predicted octanol–water partition coefficient (Wildman–Crippen LogP) is 3.56. The number of benzene rings is 2. The molecule has 3 rings (SSSR count). The van der Waals surface area contributed by atoms with E-state index < -0.39 is 0 Å². The average Bonchev–Trinajstić information content (AvgIpc) is 2.50. The summed E-state index contributed by atoms with van der Waals surface area (Å²) in [5.74, 6) is 0. The molecule has 1 heterocycles. The lowest BCUT2D eigenvalue weighted by Gasteiger charge is -2.20. The summed E-state index contributed by atoms with van der Waals surface area (Å²) >= 11 is 0. The number of aromatic nitrogens is 2. The SMILES string of the molecule is CNC(c1ccc2nccnc2c1)c1ccc(C)cc1C. The number of rotatable bonds is 3. The number of hydrogen-bond acceptors (Lipinski definition) is 3. The third kappa shape index (κ3) is 2.65. The third-order valence-corrected chi connectivity index (χ3v) is 3.85. The summed E-state index contributed by atoms with van der Waals surface area (Å²) < 4.78 is 0. The van der Waals surface area contributed by atoms with Crippen LogP contribution in [0.15, 0.2) is 48.8 Å². The largest absolute Gasteiger partial charge is 0.309 e. The highest BCUT2D eigenvalue weighted by Crippen LogP contribution is 2.26. The van der Waals surface area contributed by atoms with Gasteiger partial charge in [-0.2, -0.15) is 0 Å². The molecule has 1 N–H and O–H groups in total. The van der Waals surface area contributed by atoms with E-state index in [0.29, 0.717) is 0 Å². The fourth-order valence-corrected chi connectivity index (χ4v) is 2.81. The van der Waals surface area contributed by atoms with Crippen molar-refractivity contribution in [2.75, 3.05) is 7.05 Å². The molecule has 0 saturated heterocycles. The fourth-order valence-electron chi connectivity index (χ4n) is 2.81. The van der Waals surface area contributed by atoms with E-state index in [1.807, 2.05) is 13.1 Å². The van der Waals surface area contributed by atoms with Crippen molar-refractivity contribution in [3.63, 3.8) is 0 Å². The maximum absolute atomic E-state index is 4.40. The van der Waals surface area contributed by atoms with Gasteiger partial charge in [-0.1, -0.05) is 29.8 Å². The summed E-state index contributed by atoms with van der Waals surface area (Å²) in [5.41, 5.74) is 6.95. The molecule has 106 valence electrons. The van der Waals surface area contributed by atoms with Crippen LogP contribution in [0.1, 0.15) is 28.3 Å². The van der Waals surface area contributed by atoms with Crippen LogP contribution in [0.3, 0.4) is 0 Å². The molecule has 3 heteroatoms. The molecule has 1 unspecified atom stereocenters. The molecule has 3 nitrogen and oxygen atoms in total. The van der Waals surface area contributed by atoms with Crippen LogP contribution in [0.2, 0.25) is 0 Å². The van der Waals surface area contributed by atoms with Gasteiger partial charge >= 0.3 is 0 Å². The van der Waals surface area contributed by atoms with E-state index in [9.17, 15) is 0 Å². The molecule has 0 bridgehead atoms. The van der Waals surface area contributed by atoms with Crippen molar-refractivity contribution in [2.45, 2.75) is 19.9 Å². The summed E-state index contributed by atoms with van der Waals surface area (Å²) in [5, 5.41) is 3.41. The Morgan fingerprint density at radius 2 is 1.67 bits per heavy atom. The smallest absolute Gasteiger partial charge is 0.0890 e. The first kappa shape index (κ1) is 13.7. The second kappa shape index (κ2) is 5.62. The maximum atomic E-state index is 4.40. The summed E-state index contributed by atoms with van der Waals surface area (Å²) in [4.78, 5) is 8.72. The first-order valence-electron chi connectivity index (χ1n) is 7.14. The Morgan fingerprint density at radius 1 is 0.905 bits per heavy atom. The number of nitrogens with zero attached hydrogens (tertiary/aromatic N) is 2. The first-order chi connectivity index (χ1) is 10.2. The van der Waals surface area contributed by atoms with Gasteiger partial charge in [0.15, 0.2) is 0 Å². The predicted molar refractivity (Wildman–Crippen MR) is 86.4 cm³/mol. The molecule has 3 aromatic rings. The van der Waals surface area contributed by atoms with Crippen molar-refractivity contribution in [3.05, 3.63) is 71.0 Å². The molecule has 0 aliphatic rings. The zero-order valence-corrected chi connectivity index (χ0v) is 12.6. The van der Waals surface area contributed by atoms with Gasteiger partial charge in [0.05, 0.1) is 17.1 Å². The molecule has 0 radical (unpaired) electrons. The molecular formula is C18H19N3. The van der Waals surface area contributed by atoms with E-state index in [2.05, 4.69) is 59.5 Å². The lowest BCUT2D eigenvalue weighted by molar-refractivity contribution is 0.688. The van der Waals surface area contributed by atoms with Gasteiger partial charge in [-0.3, -0.25) is 9.97 Å². The molecule has 1 aromatic heterocycles. The quantitative estimate of drug-likeness (QED) is 0.795. The zero-order chi connectivity index (χ0) is 14.8. The number of fused-ring (bicyclic) bond motifs is 1. The van der Waals surface area contributed by atoms with Gasteiger partial charge in [-0.15, -0.1) is 0 Å². The van der Waals surface area contributed by atoms with E-state index in [1.165, 1.54) is 22.3 Å². The summed E-state index contributed by atoms with van der Waals surface area (Å²) in [6, 6.07) is 13.0. The molecule has 0 aliphatic carbocycles. The molecule has 1 atom stereocenters. The lowest BCUT2D eigenvalue weighted by Crippen LogP contribution is -2.18. The highest BCUT2D eigenvalue weighted by molar-refractivity contribution is 5.74. The monoisotopic (exact) mass is 277 g/mol. The van der Waals surface area contributed by atoms with Crippen molar-refractivity contribution in [3.8, 4) is 0 Å². The second-order valence-corrected chi connectivity index (χ2v) is 5.39. The topological polar surface area (TPSA) is 37.8 Å². The summed E-state index contributed by atoms with van der Waals surface area (Å²) in [7, 11) is 1.99. The number of hydrogen-bond donors (Lipinski definition) is 1. The fraction of sp³-hybridized carbons (Fsp3) is 0.222.